The molecule has 0 aliphatic carbocycles. The van der Waals surface area contributed by atoms with Crippen molar-refractivity contribution in [3.05, 3.63) is 65.5 Å². The molecule has 3 aliphatic heterocycles. The molecule has 2 amide bonds. The lowest BCUT2D eigenvalue weighted by Gasteiger charge is -2.38. The molecule has 3 saturated heterocycles. The van der Waals surface area contributed by atoms with E-state index in [1.807, 2.05) is 21.9 Å². The Morgan fingerprint density at radius 3 is 2.64 bits per heavy atom. The van der Waals surface area contributed by atoms with Crippen LogP contribution in [0.2, 0.25) is 0 Å². The van der Waals surface area contributed by atoms with Crippen LogP contribution in [0.15, 0.2) is 42.7 Å². The number of benzene rings is 1. The van der Waals surface area contributed by atoms with E-state index in [4.69, 9.17) is 0 Å². The first kappa shape index (κ1) is 22.2. The number of carbonyl (C=O) groups is 1. The number of hydrazine groups is 1. The molecular weight excluding hydrogens is 426 g/mol. The molecular formula is C24H30F2N6O. The number of halogens is 2. The lowest BCUT2D eigenvalue weighted by atomic mass is 9.85. The van der Waals surface area contributed by atoms with Crippen LogP contribution in [0.4, 0.5) is 13.6 Å². The normalized spacial score (nSPS) is 27.9. The first-order valence-electron chi connectivity index (χ1n) is 11.7. The van der Waals surface area contributed by atoms with E-state index < -0.39 is 11.6 Å². The molecule has 3 N–H and O–H groups in total. The van der Waals surface area contributed by atoms with Gasteiger partial charge in [-0.25, -0.2) is 19.0 Å². The Bertz CT molecular complexity index is 956. The molecule has 7 nitrogen and oxygen atoms in total. The molecule has 3 fully saturated rings. The molecule has 0 saturated carbocycles. The first-order valence-corrected chi connectivity index (χ1v) is 11.7. The fraction of sp³-hybridized carbons (Fsp3) is 0.500. The van der Waals surface area contributed by atoms with E-state index in [1.165, 1.54) is 18.2 Å². The second-order valence-electron chi connectivity index (χ2n) is 9.28. The number of pyridine rings is 1. The quantitative estimate of drug-likeness (QED) is 0.660. The zero-order chi connectivity index (χ0) is 22.8. The van der Waals surface area contributed by atoms with Crippen LogP contribution in [0.5, 0.6) is 0 Å². The Morgan fingerprint density at radius 1 is 1.06 bits per heavy atom. The number of rotatable bonds is 4. The van der Waals surface area contributed by atoms with Gasteiger partial charge < -0.3 is 10.2 Å². The van der Waals surface area contributed by atoms with Crippen LogP contribution in [-0.2, 0) is 6.54 Å². The molecule has 4 heterocycles. The van der Waals surface area contributed by atoms with Gasteiger partial charge in [-0.05, 0) is 55.6 Å². The predicted molar refractivity (Wildman–Crippen MR) is 120 cm³/mol. The highest BCUT2D eigenvalue weighted by Gasteiger charge is 2.41. The smallest absolute Gasteiger partial charge is 0.317 e. The number of likely N-dealkylation sites (tertiary alicyclic amines) is 2. The standard InChI is InChI=1S/C24H30F2N6O/c25-20-4-1-5-21(26)18(20)14-31-11-2-3-17(13-31)28-24(33)32-12-8-22-19(15-32)23(30-29-22)16-6-9-27-10-7-16/h1,4-7,9-10,17,19,22-23,29-30H,2-3,8,11-15H2,(H,28,33)/t17-,19?,22?,23?/m1/s1. The molecule has 9 heteroatoms. The third kappa shape index (κ3) is 4.85. The fourth-order valence-electron chi connectivity index (χ4n) is 5.38. The van der Waals surface area contributed by atoms with Gasteiger partial charge in [-0.3, -0.25) is 15.3 Å². The monoisotopic (exact) mass is 456 g/mol. The minimum Gasteiger partial charge on any atom is -0.334 e. The average molecular weight is 457 g/mol. The maximum absolute atomic E-state index is 14.1. The van der Waals surface area contributed by atoms with Gasteiger partial charge in [0.25, 0.3) is 0 Å². The highest BCUT2D eigenvalue weighted by atomic mass is 19.1. The van der Waals surface area contributed by atoms with Gasteiger partial charge in [-0.1, -0.05) is 6.07 Å². The first-order chi connectivity index (χ1) is 16.1. The number of nitrogens with one attached hydrogen (secondary N) is 3. The molecule has 3 unspecified atom stereocenters. The van der Waals surface area contributed by atoms with E-state index in [0.29, 0.717) is 25.7 Å². The molecule has 0 bridgehead atoms. The summed E-state index contributed by atoms with van der Waals surface area (Å²) < 4.78 is 28.1. The number of urea groups is 1. The highest BCUT2D eigenvalue weighted by molar-refractivity contribution is 5.74. The van der Waals surface area contributed by atoms with Crippen molar-refractivity contribution in [1.82, 2.24) is 31.0 Å². The van der Waals surface area contributed by atoms with Crippen LogP contribution in [0.25, 0.3) is 0 Å². The molecule has 1 aromatic carbocycles. The van der Waals surface area contributed by atoms with Crippen LogP contribution < -0.4 is 16.2 Å². The maximum atomic E-state index is 14.1. The highest BCUT2D eigenvalue weighted by Crippen LogP contribution is 2.33. The second kappa shape index (κ2) is 9.70. The predicted octanol–water partition coefficient (Wildman–Crippen LogP) is 2.57. The summed E-state index contributed by atoms with van der Waals surface area (Å²) in [7, 11) is 0. The number of hydrogen-bond acceptors (Lipinski definition) is 5. The van der Waals surface area contributed by atoms with Crippen LogP contribution in [0.1, 0.15) is 36.4 Å². The Kier molecular flexibility index (Phi) is 6.52. The summed E-state index contributed by atoms with van der Waals surface area (Å²) in [6.07, 6.45) is 6.21. The van der Waals surface area contributed by atoms with Gasteiger partial charge in [-0.15, -0.1) is 0 Å². The average Bonchev–Trinajstić information content (AvgIpc) is 3.26. The summed E-state index contributed by atoms with van der Waals surface area (Å²) in [4.78, 5) is 21.1. The topological polar surface area (TPSA) is 72.5 Å². The summed E-state index contributed by atoms with van der Waals surface area (Å²) in [6, 6.07) is 8.35. The summed E-state index contributed by atoms with van der Waals surface area (Å²) >= 11 is 0. The third-order valence-corrected chi connectivity index (χ3v) is 7.14. The number of nitrogens with zero attached hydrogens (tertiary/aromatic N) is 3. The van der Waals surface area contributed by atoms with Crippen molar-refractivity contribution in [2.75, 3.05) is 26.2 Å². The van der Waals surface area contributed by atoms with E-state index in [-0.39, 0.29) is 36.1 Å². The molecule has 5 rings (SSSR count). The maximum Gasteiger partial charge on any atom is 0.317 e. The van der Waals surface area contributed by atoms with Crippen molar-refractivity contribution in [2.24, 2.45) is 5.92 Å². The third-order valence-electron chi connectivity index (χ3n) is 7.14. The van der Waals surface area contributed by atoms with Crippen LogP contribution in [0, 0.1) is 17.6 Å². The Morgan fingerprint density at radius 2 is 1.85 bits per heavy atom. The number of piperidine rings is 2. The lowest BCUT2D eigenvalue weighted by molar-refractivity contribution is 0.138. The van der Waals surface area contributed by atoms with Gasteiger partial charge in [0.1, 0.15) is 11.6 Å². The van der Waals surface area contributed by atoms with Gasteiger partial charge in [0.15, 0.2) is 0 Å². The number of aromatic nitrogens is 1. The van der Waals surface area contributed by atoms with Crippen molar-refractivity contribution in [1.29, 1.82) is 0 Å². The van der Waals surface area contributed by atoms with Gasteiger partial charge >= 0.3 is 6.03 Å². The summed E-state index contributed by atoms with van der Waals surface area (Å²) in [5, 5.41) is 3.18. The zero-order valence-corrected chi connectivity index (χ0v) is 18.5. The Labute approximate surface area is 192 Å². The van der Waals surface area contributed by atoms with Gasteiger partial charge in [0, 0.05) is 62.1 Å². The van der Waals surface area contributed by atoms with Gasteiger partial charge in [0.2, 0.25) is 0 Å². The largest absolute Gasteiger partial charge is 0.334 e. The summed E-state index contributed by atoms with van der Waals surface area (Å²) in [6.45, 7) is 2.92. The van der Waals surface area contributed by atoms with E-state index in [2.05, 4.69) is 21.2 Å². The number of amides is 2. The Hall–Kier alpha value is -2.62. The lowest BCUT2D eigenvalue weighted by Crippen LogP contribution is -2.55. The molecule has 0 spiro atoms. The van der Waals surface area contributed by atoms with Crippen molar-refractivity contribution in [3.63, 3.8) is 0 Å². The number of carbonyl (C=O) groups excluding carboxylic acids is 1. The molecule has 3 aliphatic rings. The molecule has 4 atom stereocenters. The van der Waals surface area contributed by atoms with Crippen LogP contribution >= 0.6 is 0 Å². The molecule has 0 radical (unpaired) electrons. The van der Waals surface area contributed by atoms with Crippen molar-refractivity contribution < 1.29 is 13.6 Å². The summed E-state index contributed by atoms with van der Waals surface area (Å²) in [5.41, 5.74) is 8.03. The van der Waals surface area contributed by atoms with Crippen LogP contribution in [-0.4, -0.2) is 59.1 Å². The Balaban J connectivity index is 1.18. The summed E-state index contributed by atoms with van der Waals surface area (Å²) in [5.74, 6) is -0.767. The van der Waals surface area contributed by atoms with E-state index in [0.717, 1.165) is 31.4 Å². The molecule has 1 aromatic heterocycles. The second-order valence-corrected chi connectivity index (χ2v) is 9.28. The molecule has 176 valence electrons. The van der Waals surface area contributed by atoms with Gasteiger partial charge in [0.05, 0.1) is 6.04 Å². The molecule has 2 aromatic rings. The zero-order valence-electron chi connectivity index (χ0n) is 18.5. The number of fused-ring (bicyclic) bond motifs is 1. The minimum atomic E-state index is -0.522. The van der Waals surface area contributed by atoms with Crippen molar-refractivity contribution >= 4 is 6.03 Å². The fourth-order valence-corrected chi connectivity index (χ4v) is 5.38. The minimum absolute atomic E-state index is 0.0327. The van der Waals surface area contributed by atoms with E-state index in [1.54, 1.807) is 12.4 Å². The SMILES string of the molecule is O=C(N[C@@H]1CCCN(Cc2c(F)cccc2F)C1)N1CCC2NNC(c3ccncc3)C2C1. The van der Waals surface area contributed by atoms with Crippen LogP contribution in [0.3, 0.4) is 0 Å². The number of hydrogen-bond donors (Lipinski definition) is 3. The van der Waals surface area contributed by atoms with Gasteiger partial charge in [-0.2, -0.15) is 0 Å². The van der Waals surface area contributed by atoms with Crippen molar-refractivity contribution in [3.8, 4) is 0 Å². The van der Waals surface area contributed by atoms with E-state index >= 15 is 0 Å². The van der Waals surface area contributed by atoms with Crippen molar-refractivity contribution in [2.45, 2.75) is 43.9 Å². The van der Waals surface area contributed by atoms with E-state index in [9.17, 15) is 13.6 Å². The molecule has 33 heavy (non-hydrogen) atoms.